The first kappa shape index (κ1) is 30.0. The highest BCUT2D eigenvalue weighted by atomic mass is 32.1. The molecule has 1 atom stereocenters. The summed E-state index contributed by atoms with van der Waals surface area (Å²) in [6.07, 6.45) is 7.33. The van der Waals surface area contributed by atoms with Crippen LogP contribution in [0.25, 0.3) is 11.0 Å². The number of nitrogens with one attached hydrogen (secondary N) is 2. The summed E-state index contributed by atoms with van der Waals surface area (Å²) in [6, 6.07) is 21.3. The Morgan fingerprint density at radius 2 is 1.86 bits per heavy atom. The second kappa shape index (κ2) is 14.6. The average Bonchev–Trinajstić information content (AvgIpc) is 3.66. The lowest BCUT2D eigenvalue weighted by Crippen LogP contribution is -2.42. The average molecular weight is 586 g/mol. The molecule has 42 heavy (non-hydrogen) atoms. The first-order valence-corrected chi connectivity index (χ1v) is 16.3. The van der Waals surface area contributed by atoms with Crippen LogP contribution in [-0.2, 0) is 17.8 Å². The van der Waals surface area contributed by atoms with E-state index in [1.165, 1.54) is 23.3 Å². The quantitative estimate of drug-likeness (QED) is 0.192. The van der Waals surface area contributed by atoms with Crippen LogP contribution in [0.2, 0.25) is 0 Å². The van der Waals surface area contributed by atoms with Crippen molar-refractivity contribution in [3.05, 3.63) is 87.9 Å². The zero-order valence-electron chi connectivity index (χ0n) is 24.9. The molecule has 1 unspecified atom stereocenters. The molecule has 2 aromatic heterocycles. The second-order valence-electron chi connectivity index (χ2n) is 11.3. The smallest absolute Gasteiger partial charge is 0.251 e. The molecule has 4 aromatic rings. The summed E-state index contributed by atoms with van der Waals surface area (Å²) in [5.41, 5.74) is 3.72. The maximum Gasteiger partial charge on any atom is 0.251 e. The van der Waals surface area contributed by atoms with E-state index in [0.29, 0.717) is 24.2 Å². The zero-order valence-corrected chi connectivity index (χ0v) is 25.7. The van der Waals surface area contributed by atoms with Crippen LogP contribution in [0, 0.1) is 0 Å². The van der Waals surface area contributed by atoms with E-state index in [1.54, 1.807) is 11.3 Å². The molecule has 0 saturated carbocycles. The van der Waals surface area contributed by atoms with Gasteiger partial charge < -0.3 is 15.2 Å². The summed E-state index contributed by atoms with van der Waals surface area (Å²) in [7, 11) is 0. The number of aromatic nitrogens is 2. The van der Waals surface area contributed by atoms with Gasteiger partial charge in [0, 0.05) is 42.0 Å². The molecule has 1 fully saturated rings. The number of fused-ring (bicyclic) bond motifs is 1. The predicted molar refractivity (Wildman–Crippen MR) is 171 cm³/mol. The normalized spacial score (nSPS) is 15.7. The van der Waals surface area contributed by atoms with Crippen molar-refractivity contribution in [2.75, 3.05) is 19.6 Å². The molecule has 0 radical (unpaired) electrons. The SMILES string of the molecule is CCC(CC)n1c(Cc2cccs2)nc2cc(C(=O)NCC(=O)NCCC3CCCCN3Cc3ccccc3)ccc21. The van der Waals surface area contributed by atoms with E-state index in [9.17, 15) is 9.59 Å². The number of carbonyl (C=O) groups is 2. The van der Waals surface area contributed by atoms with Crippen LogP contribution in [0.5, 0.6) is 0 Å². The molecule has 1 saturated heterocycles. The number of amides is 2. The minimum absolute atomic E-state index is 0.0406. The van der Waals surface area contributed by atoms with Gasteiger partial charge in [-0.15, -0.1) is 11.3 Å². The van der Waals surface area contributed by atoms with Crippen molar-refractivity contribution in [1.29, 1.82) is 0 Å². The topological polar surface area (TPSA) is 79.3 Å². The fourth-order valence-electron chi connectivity index (χ4n) is 6.16. The largest absolute Gasteiger partial charge is 0.355 e. The summed E-state index contributed by atoms with van der Waals surface area (Å²) in [6.45, 7) is 7.03. The van der Waals surface area contributed by atoms with E-state index in [1.807, 2.05) is 18.2 Å². The number of piperidine rings is 1. The lowest BCUT2D eigenvalue weighted by Gasteiger charge is -2.36. The van der Waals surface area contributed by atoms with Crippen LogP contribution in [0.3, 0.4) is 0 Å². The van der Waals surface area contributed by atoms with Crippen LogP contribution in [0.15, 0.2) is 66.0 Å². The molecule has 3 heterocycles. The maximum atomic E-state index is 13.0. The number of carbonyl (C=O) groups excluding carboxylic acids is 2. The van der Waals surface area contributed by atoms with Gasteiger partial charge in [0.25, 0.3) is 5.91 Å². The van der Waals surface area contributed by atoms with Crippen LogP contribution >= 0.6 is 11.3 Å². The molecule has 0 bridgehead atoms. The lowest BCUT2D eigenvalue weighted by molar-refractivity contribution is -0.120. The number of rotatable bonds is 13. The molecule has 5 rings (SSSR count). The summed E-state index contributed by atoms with van der Waals surface area (Å²) >= 11 is 1.74. The van der Waals surface area contributed by atoms with Crippen molar-refractivity contribution in [2.45, 2.75) is 77.4 Å². The lowest BCUT2D eigenvalue weighted by atomic mass is 9.98. The second-order valence-corrected chi connectivity index (χ2v) is 12.3. The molecule has 2 amide bonds. The van der Waals surface area contributed by atoms with Crippen molar-refractivity contribution in [2.24, 2.45) is 0 Å². The van der Waals surface area contributed by atoms with Crippen LogP contribution in [-0.4, -0.2) is 51.9 Å². The number of thiophene rings is 1. The highest BCUT2D eigenvalue weighted by Gasteiger charge is 2.23. The van der Waals surface area contributed by atoms with Crippen molar-refractivity contribution < 1.29 is 9.59 Å². The number of benzene rings is 2. The summed E-state index contributed by atoms with van der Waals surface area (Å²) in [5, 5.41) is 7.91. The van der Waals surface area contributed by atoms with Crippen molar-refractivity contribution in [1.82, 2.24) is 25.1 Å². The van der Waals surface area contributed by atoms with E-state index >= 15 is 0 Å². The highest BCUT2D eigenvalue weighted by molar-refractivity contribution is 7.09. The Hall–Kier alpha value is -3.49. The number of likely N-dealkylation sites (tertiary alicyclic amines) is 1. The van der Waals surface area contributed by atoms with Crippen LogP contribution in [0.1, 0.15) is 85.0 Å². The zero-order chi connectivity index (χ0) is 29.3. The van der Waals surface area contributed by atoms with Gasteiger partial charge in [-0.3, -0.25) is 14.5 Å². The van der Waals surface area contributed by atoms with Gasteiger partial charge >= 0.3 is 0 Å². The first-order valence-electron chi connectivity index (χ1n) is 15.4. The van der Waals surface area contributed by atoms with E-state index in [-0.39, 0.29) is 18.4 Å². The van der Waals surface area contributed by atoms with Gasteiger partial charge in [0.05, 0.1) is 17.6 Å². The fraction of sp³-hybridized carbons (Fsp3) is 0.441. The van der Waals surface area contributed by atoms with E-state index in [4.69, 9.17) is 4.98 Å². The monoisotopic (exact) mass is 585 g/mol. The van der Waals surface area contributed by atoms with Crippen molar-refractivity contribution in [3.63, 3.8) is 0 Å². The number of hydrogen-bond acceptors (Lipinski definition) is 5. The van der Waals surface area contributed by atoms with Gasteiger partial charge in [-0.25, -0.2) is 4.98 Å². The molecule has 7 nitrogen and oxygen atoms in total. The maximum absolute atomic E-state index is 13.0. The predicted octanol–water partition coefficient (Wildman–Crippen LogP) is 6.34. The van der Waals surface area contributed by atoms with E-state index in [2.05, 4.69) is 81.8 Å². The molecular formula is C34H43N5O2S. The third-order valence-electron chi connectivity index (χ3n) is 8.43. The Kier molecular flexibility index (Phi) is 10.4. The number of nitrogens with zero attached hydrogens (tertiary/aromatic N) is 3. The van der Waals surface area contributed by atoms with Gasteiger partial charge in [0.1, 0.15) is 5.82 Å². The fourth-order valence-corrected chi connectivity index (χ4v) is 6.86. The molecule has 8 heteroatoms. The van der Waals surface area contributed by atoms with Gasteiger partial charge in [-0.2, -0.15) is 0 Å². The van der Waals surface area contributed by atoms with Crippen molar-refractivity contribution >= 4 is 34.2 Å². The summed E-state index contributed by atoms with van der Waals surface area (Å²) < 4.78 is 2.34. The molecular weight excluding hydrogens is 542 g/mol. The van der Waals surface area contributed by atoms with Gasteiger partial charge in [-0.05, 0) is 73.9 Å². The van der Waals surface area contributed by atoms with Gasteiger partial charge in [-0.1, -0.05) is 56.7 Å². The molecule has 2 N–H and O–H groups in total. The molecule has 0 aliphatic carbocycles. The van der Waals surface area contributed by atoms with Gasteiger partial charge in [0.2, 0.25) is 5.91 Å². The highest BCUT2D eigenvalue weighted by Crippen LogP contribution is 2.28. The summed E-state index contributed by atoms with van der Waals surface area (Å²) in [5.74, 6) is 0.606. The van der Waals surface area contributed by atoms with E-state index in [0.717, 1.165) is 62.1 Å². The third kappa shape index (κ3) is 7.47. The van der Waals surface area contributed by atoms with Gasteiger partial charge in [0.15, 0.2) is 0 Å². The Morgan fingerprint density at radius 3 is 2.62 bits per heavy atom. The first-order chi connectivity index (χ1) is 20.6. The minimum atomic E-state index is -0.259. The Morgan fingerprint density at radius 1 is 1.02 bits per heavy atom. The standard InChI is InChI=1S/C34H43N5O2S/c1-3-27(4-2)39-31-16-15-26(21-30(31)37-32(39)22-29-14-10-20-42-29)34(41)36-23-33(40)35-18-17-28-13-8-9-19-38(28)24-25-11-6-5-7-12-25/h5-7,10-12,14-16,20-21,27-28H,3-4,8-9,13,17-19,22-24H2,1-2H3,(H,35,40)(H,36,41). The number of imidazole rings is 1. The van der Waals surface area contributed by atoms with Crippen LogP contribution in [0.4, 0.5) is 0 Å². The molecule has 1 aliphatic rings. The summed E-state index contributed by atoms with van der Waals surface area (Å²) in [4.78, 5) is 34.4. The minimum Gasteiger partial charge on any atom is -0.355 e. The van der Waals surface area contributed by atoms with E-state index < -0.39 is 0 Å². The molecule has 222 valence electrons. The molecule has 0 spiro atoms. The Balaban J connectivity index is 1.15. The molecule has 2 aromatic carbocycles. The molecule has 1 aliphatic heterocycles. The Bertz CT molecular complexity index is 1450. The van der Waals surface area contributed by atoms with Crippen LogP contribution < -0.4 is 10.6 Å². The number of hydrogen-bond donors (Lipinski definition) is 2. The Labute approximate surface area is 253 Å². The third-order valence-corrected chi connectivity index (χ3v) is 9.31. The van der Waals surface area contributed by atoms with Crippen molar-refractivity contribution in [3.8, 4) is 0 Å².